The van der Waals surface area contributed by atoms with Crippen LogP contribution in [0.4, 0.5) is 0 Å². The molecule has 2 nitrogen and oxygen atoms in total. The summed E-state index contributed by atoms with van der Waals surface area (Å²) in [5.41, 5.74) is 0.972. The van der Waals surface area contributed by atoms with Crippen molar-refractivity contribution in [2.75, 3.05) is 6.54 Å². The van der Waals surface area contributed by atoms with E-state index in [2.05, 4.69) is 21.2 Å². The monoisotopic (exact) mass is 283 g/mol. The van der Waals surface area contributed by atoms with Crippen LogP contribution in [-0.2, 0) is 0 Å². The van der Waals surface area contributed by atoms with Gasteiger partial charge in [0.1, 0.15) is 0 Å². The summed E-state index contributed by atoms with van der Waals surface area (Å²) in [5.74, 6) is 0. The zero-order valence-corrected chi connectivity index (χ0v) is 10.9. The van der Waals surface area contributed by atoms with Crippen LogP contribution in [0.5, 0.6) is 0 Å². The van der Waals surface area contributed by atoms with Crippen LogP contribution < -0.4 is 5.32 Å². The maximum Gasteiger partial charge on any atom is 0.0914 e. The van der Waals surface area contributed by atoms with Crippen LogP contribution >= 0.6 is 15.9 Å². The van der Waals surface area contributed by atoms with Gasteiger partial charge in [-0.1, -0.05) is 40.9 Å². The van der Waals surface area contributed by atoms with Gasteiger partial charge in [-0.05, 0) is 30.5 Å². The van der Waals surface area contributed by atoms with Crippen molar-refractivity contribution >= 4 is 15.9 Å². The van der Waals surface area contributed by atoms with Gasteiger partial charge < -0.3 is 10.4 Å². The van der Waals surface area contributed by atoms with Crippen molar-refractivity contribution in [2.45, 2.75) is 37.8 Å². The number of nitrogens with one attached hydrogen (secondary N) is 1. The molecule has 3 heteroatoms. The highest BCUT2D eigenvalue weighted by molar-refractivity contribution is 9.10. The predicted octanol–water partition coefficient (Wildman–Crippen LogP) is 3.01. The molecule has 1 aromatic carbocycles. The Morgan fingerprint density at radius 2 is 2.12 bits per heavy atom. The second-order valence-corrected chi connectivity index (χ2v) is 5.38. The van der Waals surface area contributed by atoms with E-state index in [9.17, 15) is 5.11 Å². The van der Waals surface area contributed by atoms with Gasteiger partial charge >= 0.3 is 0 Å². The Kier molecular flexibility index (Phi) is 4.38. The van der Waals surface area contributed by atoms with E-state index in [1.807, 2.05) is 24.3 Å². The predicted molar refractivity (Wildman–Crippen MR) is 69.4 cm³/mol. The third kappa shape index (κ3) is 3.30. The normalized spacial score (nSPS) is 18.9. The number of aliphatic hydroxyl groups is 1. The SMILES string of the molecule is OC(CNC1CCCC1)c1cccc(Br)c1. The molecular weight excluding hydrogens is 266 g/mol. The van der Waals surface area contributed by atoms with Crippen LogP contribution in [0.25, 0.3) is 0 Å². The fourth-order valence-electron chi connectivity index (χ4n) is 2.24. The molecule has 1 aliphatic carbocycles. The molecule has 0 aliphatic heterocycles. The Morgan fingerprint density at radius 1 is 1.38 bits per heavy atom. The molecule has 0 spiro atoms. The average molecular weight is 284 g/mol. The number of halogens is 1. The molecule has 16 heavy (non-hydrogen) atoms. The number of aliphatic hydroxyl groups excluding tert-OH is 1. The van der Waals surface area contributed by atoms with Gasteiger partial charge in [0, 0.05) is 17.1 Å². The van der Waals surface area contributed by atoms with Gasteiger partial charge in [-0.2, -0.15) is 0 Å². The van der Waals surface area contributed by atoms with E-state index in [1.165, 1.54) is 25.7 Å². The molecule has 1 saturated carbocycles. The molecule has 1 atom stereocenters. The van der Waals surface area contributed by atoms with E-state index < -0.39 is 6.10 Å². The summed E-state index contributed by atoms with van der Waals surface area (Å²) in [5, 5.41) is 13.5. The lowest BCUT2D eigenvalue weighted by Gasteiger charge is -2.16. The quantitative estimate of drug-likeness (QED) is 0.890. The van der Waals surface area contributed by atoms with Gasteiger partial charge in [-0.15, -0.1) is 0 Å². The zero-order chi connectivity index (χ0) is 11.4. The molecule has 0 amide bonds. The summed E-state index contributed by atoms with van der Waals surface area (Å²) >= 11 is 3.42. The fourth-order valence-corrected chi connectivity index (χ4v) is 2.66. The lowest BCUT2D eigenvalue weighted by molar-refractivity contribution is 0.170. The summed E-state index contributed by atoms with van der Waals surface area (Å²) in [6, 6.07) is 8.48. The Labute approximate surface area is 105 Å². The third-order valence-corrected chi connectivity index (χ3v) is 3.68. The number of rotatable bonds is 4. The fraction of sp³-hybridized carbons (Fsp3) is 0.538. The number of benzene rings is 1. The molecule has 88 valence electrons. The third-order valence-electron chi connectivity index (χ3n) is 3.19. The molecule has 0 saturated heterocycles. The second kappa shape index (κ2) is 5.80. The Balaban J connectivity index is 1.85. The Hall–Kier alpha value is -0.380. The maximum atomic E-state index is 10.0. The van der Waals surface area contributed by atoms with Crippen LogP contribution in [0.3, 0.4) is 0 Å². The standard InChI is InChI=1S/C13H18BrNO/c14-11-5-3-4-10(8-11)13(16)9-15-12-6-1-2-7-12/h3-5,8,12-13,15-16H,1-2,6-7,9H2. The first-order valence-corrected chi connectivity index (χ1v) is 6.72. The van der Waals surface area contributed by atoms with Gasteiger partial charge in [0.15, 0.2) is 0 Å². The number of hydrogen-bond acceptors (Lipinski definition) is 2. The zero-order valence-electron chi connectivity index (χ0n) is 9.32. The van der Waals surface area contributed by atoms with Crippen molar-refractivity contribution in [3.8, 4) is 0 Å². The lowest BCUT2D eigenvalue weighted by atomic mass is 10.1. The Morgan fingerprint density at radius 3 is 2.81 bits per heavy atom. The lowest BCUT2D eigenvalue weighted by Crippen LogP contribution is -2.30. The molecule has 0 bridgehead atoms. The maximum absolute atomic E-state index is 10.0. The first-order chi connectivity index (χ1) is 7.75. The molecule has 0 radical (unpaired) electrons. The highest BCUT2D eigenvalue weighted by Crippen LogP contribution is 2.20. The van der Waals surface area contributed by atoms with E-state index in [-0.39, 0.29) is 0 Å². The van der Waals surface area contributed by atoms with Crippen LogP contribution in [0.2, 0.25) is 0 Å². The van der Waals surface area contributed by atoms with Gasteiger partial charge in [0.25, 0.3) is 0 Å². The van der Waals surface area contributed by atoms with Crippen molar-refractivity contribution in [2.24, 2.45) is 0 Å². The van der Waals surface area contributed by atoms with Crippen molar-refractivity contribution < 1.29 is 5.11 Å². The molecule has 1 unspecified atom stereocenters. The first-order valence-electron chi connectivity index (χ1n) is 5.92. The van der Waals surface area contributed by atoms with E-state index >= 15 is 0 Å². The van der Waals surface area contributed by atoms with Crippen LogP contribution in [0.15, 0.2) is 28.7 Å². The summed E-state index contributed by atoms with van der Waals surface area (Å²) < 4.78 is 1.02. The van der Waals surface area contributed by atoms with Crippen LogP contribution in [0, 0.1) is 0 Å². The van der Waals surface area contributed by atoms with E-state index in [0.717, 1.165) is 10.0 Å². The second-order valence-electron chi connectivity index (χ2n) is 4.46. The minimum atomic E-state index is -0.405. The number of hydrogen-bond donors (Lipinski definition) is 2. The average Bonchev–Trinajstić information content (AvgIpc) is 2.78. The minimum Gasteiger partial charge on any atom is -0.387 e. The van der Waals surface area contributed by atoms with Gasteiger partial charge in [-0.25, -0.2) is 0 Å². The topological polar surface area (TPSA) is 32.3 Å². The van der Waals surface area contributed by atoms with E-state index in [4.69, 9.17) is 0 Å². The molecule has 2 rings (SSSR count). The largest absolute Gasteiger partial charge is 0.387 e. The summed E-state index contributed by atoms with van der Waals surface area (Å²) in [4.78, 5) is 0. The molecule has 0 heterocycles. The highest BCUT2D eigenvalue weighted by atomic mass is 79.9. The first kappa shape index (κ1) is 12.1. The van der Waals surface area contributed by atoms with E-state index in [0.29, 0.717) is 12.6 Å². The van der Waals surface area contributed by atoms with Gasteiger partial charge in [-0.3, -0.25) is 0 Å². The summed E-state index contributed by atoms with van der Waals surface area (Å²) in [7, 11) is 0. The molecule has 0 aromatic heterocycles. The van der Waals surface area contributed by atoms with Crippen molar-refractivity contribution in [3.63, 3.8) is 0 Å². The molecule has 1 fully saturated rings. The molecule has 1 aromatic rings. The summed E-state index contributed by atoms with van der Waals surface area (Å²) in [6.07, 6.45) is 4.75. The van der Waals surface area contributed by atoms with Crippen molar-refractivity contribution in [1.82, 2.24) is 5.32 Å². The van der Waals surface area contributed by atoms with Crippen molar-refractivity contribution in [1.29, 1.82) is 0 Å². The molecule has 1 aliphatic rings. The van der Waals surface area contributed by atoms with E-state index in [1.54, 1.807) is 0 Å². The minimum absolute atomic E-state index is 0.405. The molecular formula is C13H18BrNO. The highest BCUT2D eigenvalue weighted by Gasteiger charge is 2.16. The van der Waals surface area contributed by atoms with Crippen molar-refractivity contribution in [3.05, 3.63) is 34.3 Å². The molecule has 2 N–H and O–H groups in total. The summed E-state index contributed by atoms with van der Waals surface area (Å²) in [6.45, 7) is 0.654. The van der Waals surface area contributed by atoms with Crippen LogP contribution in [-0.4, -0.2) is 17.7 Å². The van der Waals surface area contributed by atoms with Gasteiger partial charge in [0.2, 0.25) is 0 Å². The van der Waals surface area contributed by atoms with Gasteiger partial charge in [0.05, 0.1) is 6.10 Å². The van der Waals surface area contributed by atoms with Crippen LogP contribution in [0.1, 0.15) is 37.4 Å². The smallest absolute Gasteiger partial charge is 0.0914 e. The Bertz CT molecular complexity index is 336.